The molecule has 0 aromatic carbocycles. The number of nitrogens with one attached hydrogen (secondary N) is 1. The molecule has 0 aliphatic rings. The Morgan fingerprint density at radius 3 is 2.64 bits per heavy atom. The highest BCUT2D eigenvalue weighted by atomic mass is 32.2. The highest BCUT2D eigenvalue weighted by Crippen LogP contribution is 1.86. The second-order valence-electron chi connectivity index (χ2n) is 2.97. The minimum atomic E-state index is -3.15. The topological polar surface area (TPSA) is 81.4 Å². The molecule has 0 spiro atoms. The van der Waals surface area contributed by atoms with Crippen molar-refractivity contribution in [3.8, 4) is 0 Å². The molecule has 0 bridgehead atoms. The second kappa shape index (κ2) is 8.16. The summed E-state index contributed by atoms with van der Waals surface area (Å²) < 4.78 is 29.8. The Labute approximate surface area is 86.1 Å². The quantitative estimate of drug-likeness (QED) is 0.526. The molecule has 0 aromatic rings. The zero-order valence-corrected chi connectivity index (χ0v) is 9.48. The average Bonchev–Trinajstić information content (AvgIpc) is 2.11. The number of hydrogen-bond acceptors (Lipinski definition) is 4. The maximum atomic E-state index is 11.1. The van der Waals surface area contributed by atoms with Crippen molar-refractivity contribution in [2.45, 2.75) is 19.8 Å². The second-order valence-corrected chi connectivity index (χ2v) is 4.89. The van der Waals surface area contributed by atoms with Crippen molar-refractivity contribution in [1.29, 1.82) is 0 Å². The van der Waals surface area contributed by atoms with Crippen LogP contribution in [0.2, 0.25) is 0 Å². The Kier molecular flexibility index (Phi) is 8.07. The summed E-state index contributed by atoms with van der Waals surface area (Å²) in [5.41, 5.74) is 5.14. The minimum Gasteiger partial charge on any atom is -0.381 e. The van der Waals surface area contributed by atoms with Gasteiger partial charge in [-0.3, -0.25) is 0 Å². The maximum Gasteiger partial charge on any atom is 0.212 e. The highest BCUT2D eigenvalue weighted by molar-refractivity contribution is 7.89. The molecule has 6 heteroatoms. The summed E-state index contributed by atoms with van der Waals surface area (Å²) in [6, 6.07) is 0. The molecule has 0 rings (SSSR count). The lowest BCUT2D eigenvalue weighted by molar-refractivity contribution is 0.133. The van der Waals surface area contributed by atoms with Gasteiger partial charge in [0.25, 0.3) is 0 Å². The van der Waals surface area contributed by atoms with Crippen molar-refractivity contribution in [2.75, 3.05) is 32.1 Å². The number of rotatable bonds is 9. The highest BCUT2D eigenvalue weighted by Gasteiger charge is 2.06. The van der Waals surface area contributed by atoms with Crippen LogP contribution >= 0.6 is 0 Å². The Morgan fingerprint density at radius 1 is 1.36 bits per heavy atom. The summed E-state index contributed by atoms with van der Waals surface area (Å²) >= 11 is 0. The molecular formula is C8H20N2O3S. The van der Waals surface area contributed by atoms with Crippen LogP contribution in [-0.2, 0) is 14.8 Å². The van der Waals surface area contributed by atoms with Crippen molar-refractivity contribution in [3.63, 3.8) is 0 Å². The predicted octanol–water partition coefficient (Wildman–Crippen LogP) is -0.319. The first-order chi connectivity index (χ1) is 6.62. The van der Waals surface area contributed by atoms with Crippen molar-refractivity contribution in [2.24, 2.45) is 5.73 Å². The fourth-order valence-corrected chi connectivity index (χ4v) is 1.79. The van der Waals surface area contributed by atoms with Gasteiger partial charge in [0.1, 0.15) is 0 Å². The first kappa shape index (κ1) is 13.8. The number of ether oxygens (including phenoxy) is 1. The summed E-state index contributed by atoms with van der Waals surface area (Å²) in [6.45, 7) is 3.94. The lowest BCUT2D eigenvalue weighted by Gasteiger charge is -2.05. The van der Waals surface area contributed by atoms with E-state index in [1.807, 2.05) is 6.92 Å². The van der Waals surface area contributed by atoms with E-state index in [-0.39, 0.29) is 12.3 Å². The SMILES string of the molecule is CCCOCCCNS(=O)(=O)CCN. The van der Waals surface area contributed by atoms with Gasteiger partial charge in [-0.05, 0) is 12.8 Å². The van der Waals surface area contributed by atoms with Gasteiger partial charge in [-0.1, -0.05) is 6.92 Å². The monoisotopic (exact) mass is 224 g/mol. The molecule has 0 saturated heterocycles. The van der Waals surface area contributed by atoms with Crippen molar-refractivity contribution < 1.29 is 13.2 Å². The molecule has 3 N–H and O–H groups in total. The van der Waals surface area contributed by atoms with Gasteiger partial charge >= 0.3 is 0 Å². The molecule has 0 heterocycles. The molecule has 0 radical (unpaired) electrons. The van der Waals surface area contributed by atoms with E-state index in [9.17, 15) is 8.42 Å². The number of sulfonamides is 1. The van der Waals surface area contributed by atoms with Crippen LogP contribution in [-0.4, -0.2) is 40.5 Å². The van der Waals surface area contributed by atoms with E-state index < -0.39 is 10.0 Å². The van der Waals surface area contributed by atoms with Gasteiger partial charge in [-0.25, -0.2) is 13.1 Å². The van der Waals surface area contributed by atoms with Crippen LogP contribution in [0.3, 0.4) is 0 Å². The Hall–Kier alpha value is -0.170. The smallest absolute Gasteiger partial charge is 0.212 e. The van der Waals surface area contributed by atoms with Crippen molar-refractivity contribution >= 4 is 10.0 Å². The minimum absolute atomic E-state index is 0.0111. The van der Waals surface area contributed by atoms with Crippen LogP contribution in [0.1, 0.15) is 19.8 Å². The average molecular weight is 224 g/mol. The lowest BCUT2D eigenvalue weighted by atomic mass is 10.4. The van der Waals surface area contributed by atoms with E-state index >= 15 is 0 Å². The third-order valence-corrected chi connectivity index (χ3v) is 2.94. The first-order valence-electron chi connectivity index (χ1n) is 4.87. The van der Waals surface area contributed by atoms with Crippen LogP contribution in [0.4, 0.5) is 0 Å². The van der Waals surface area contributed by atoms with Crippen LogP contribution in [0.25, 0.3) is 0 Å². The summed E-state index contributed by atoms with van der Waals surface area (Å²) in [6.07, 6.45) is 1.68. The zero-order valence-electron chi connectivity index (χ0n) is 8.66. The van der Waals surface area contributed by atoms with E-state index in [1.54, 1.807) is 0 Å². The van der Waals surface area contributed by atoms with Crippen LogP contribution in [0.5, 0.6) is 0 Å². The van der Waals surface area contributed by atoms with Gasteiger partial charge < -0.3 is 10.5 Å². The van der Waals surface area contributed by atoms with Gasteiger partial charge in [-0.2, -0.15) is 0 Å². The van der Waals surface area contributed by atoms with Crippen LogP contribution in [0.15, 0.2) is 0 Å². The molecule has 0 aromatic heterocycles. The van der Waals surface area contributed by atoms with E-state index in [0.29, 0.717) is 19.6 Å². The molecular weight excluding hydrogens is 204 g/mol. The normalized spacial score (nSPS) is 11.9. The molecule has 0 atom stereocenters. The molecule has 5 nitrogen and oxygen atoms in total. The Balaban J connectivity index is 3.35. The molecule has 0 fully saturated rings. The summed E-state index contributed by atoms with van der Waals surface area (Å²) in [4.78, 5) is 0. The first-order valence-corrected chi connectivity index (χ1v) is 6.52. The standard InChI is InChI=1S/C8H20N2O3S/c1-2-6-13-7-3-5-10-14(11,12)8-4-9/h10H,2-9H2,1H3. The van der Waals surface area contributed by atoms with Gasteiger partial charge in [0, 0.05) is 26.3 Å². The van der Waals surface area contributed by atoms with Crippen molar-refractivity contribution in [1.82, 2.24) is 4.72 Å². The lowest BCUT2D eigenvalue weighted by Crippen LogP contribution is -2.31. The van der Waals surface area contributed by atoms with E-state index in [0.717, 1.165) is 13.0 Å². The molecule has 0 unspecified atom stereocenters. The Bertz CT molecular complexity index is 217. The van der Waals surface area contributed by atoms with Crippen LogP contribution in [0, 0.1) is 0 Å². The fraction of sp³-hybridized carbons (Fsp3) is 1.00. The maximum absolute atomic E-state index is 11.1. The van der Waals surface area contributed by atoms with Gasteiger partial charge in [0.2, 0.25) is 10.0 Å². The van der Waals surface area contributed by atoms with Crippen molar-refractivity contribution in [3.05, 3.63) is 0 Å². The number of hydrogen-bond donors (Lipinski definition) is 2. The molecule has 0 saturated carbocycles. The summed E-state index contributed by atoms with van der Waals surface area (Å²) in [5.74, 6) is -0.0111. The zero-order chi connectivity index (χ0) is 10.9. The Morgan fingerprint density at radius 2 is 2.07 bits per heavy atom. The molecule has 0 aliphatic carbocycles. The van der Waals surface area contributed by atoms with E-state index in [2.05, 4.69) is 4.72 Å². The van der Waals surface area contributed by atoms with Gasteiger partial charge in [0.05, 0.1) is 5.75 Å². The third kappa shape index (κ3) is 8.43. The van der Waals surface area contributed by atoms with E-state index in [4.69, 9.17) is 10.5 Å². The summed E-state index contributed by atoms with van der Waals surface area (Å²) in [7, 11) is -3.15. The van der Waals surface area contributed by atoms with Gasteiger partial charge in [-0.15, -0.1) is 0 Å². The largest absolute Gasteiger partial charge is 0.381 e. The molecule has 0 amide bonds. The predicted molar refractivity (Wildman–Crippen MR) is 56.6 cm³/mol. The molecule has 86 valence electrons. The van der Waals surface area contributed by atoms with E-state index in [1.165, 1.54) is 0 Å². The van der Waals surface area contributed by atoms with Gasteiger partial charge in [0.15, 0.2) is 0 Å². The fourth-order valence-electron chi connectivity index (χ4n) is 0.876. The molecule has 0 aliphatic heterocycles. The number of nitrogens with two attached hydrogens (primary N) is 1. The summed E-state index contributed by atoms with van der Waals surface area (Å²) in [5, 5.41) is 0. The third-order valence-electron chi connectivity index (χ3n) is 1.52. The van der Waals surface area contributed by atoms with Crippen LogP contribution < -0.4 is 10.5 Å². The molecule has 14 heavy (non-hydrogen) atoms.